The molecule has 2 aliphatic carbocycles. The second-order valence-corrected chi connectivity index (χ2v) is 3.27. The van der Waals surface area contributed by atoms with E-state index in [1.165, 1.54) is 6.92 Å². The minimum atomic E-state index is -0.935. The van der Waals surface area contributed by atoms with Crippen molar-refractivity contribution in [2.45, 2.75) is 19.8 Å². The van der Waals surface area contributed by atoms with Crippen molar-refractivity contribution < 1.29 is 12.8 Å². The molecule has 1 N–H and O–H groups in total. The van der Waals surface area contributed by atoms with Crippen molar-refractivity contribution in [3.8, 4) is 0 Å². The van der Waals surface area contributed by atoms with Gasteiger partial charge in [0.15, 0.2) is 0 Å². The Balaban J connectivity index is -0.000000178. The third-order valence-corrected chi connectivity index (χ3v) is 1.68. The van der Waals surface area contributed by atoms with Crippen molar-refractivity contribution in [3.63, 3.8) is 0 Å². The van der Waals surface area contributed by atoms with Gasteiger partial charge in [-0.15, -0.1) is 0 Å². The molecule has 2 rings (SSSR count). The molecule has 16 heavy (non-hydrogen) atoms. The average Bonchev–Trinajstić information content (AvgIpc) is 2.97. The third kappa shape index (κ3) is 10.3. The van der Waals surface area contributed by atoms with Crippen LogP contribution in [0, 0.1) is 0 Å². The molecule has 0 aromatic rings. The highest BCUT2D eigenvalue weighted by atomic mass is 16.4. The zero-order chi connectivity index (χ0) is 12.2. The molecule has 90 valence electrons. The Morgan fingerprint density at radius 2 is 1.31 bits per heavy atom. The maximum atomic E-state index is 9.60. The molecule has 0 saturated heterocycles. The van der Waals surface area contributed by atoms with Gasteiger partial charge in [0.2, 0.25) is 0 Å². The van der Waals surface area contributed by atoms with Gasteiger partial charge in [-0.2, -0.15) is 0 Å². The van der Waals surface area contributed by atoms with Gasteiger partial charge in [0.05, 0.1) is 0 Å². The fraction of sp³-hybridized carbons (Fsp3) is 0.214. The molecule has 0 bridgehead atoms. The topological polar surface area (TPSA) is 37.3 Å². The van der Waals surface area contributed by atoms with E-state index >= 15 is 0 Å². The zero-order valence-corrected chi connectivity index (χ0v) is 9.60. The molecule has 0 aromatic heterocycles. The maximum Gasteiger partial charge on any atom is 0.330 e. The zero-order valence-electron chi connectivity index (χ0n) is 9.60. The van der Waals surface area contributed by atoms with Crippen molar-refractivity contribution in [2.24, 2.45) is 0 Å². The Morgan fingerprint density at radius 3 is 1.38 bits per heavy atom. The van der Waals surface area contributed by atoms with Crippen LogP contribution in [0.1, 0.15) is 22.6 Å². The molecular weight excluding hydrogens is 200 g/mol. The van der Waals surface area contributed by atoms with Crippen LogP contribution in [0.2, 0.25) is 0 Å². The molecule has 2 nitrogen and oxygen atoms in total. The summed E-state index contributed by atoms with van der Waals surface area (Å²) < 4.78 is 0. The van der Waals surface area contributed by atoms with Crippen molar-refractivity contribution >= 4 is 5.97 Å². The van der Waals surface area contributed by atoms with Gasteiger partial charge < -0.3 is 5.11 Å². The maximum absolute atomic E-state index is 9.60. The predicted molar refractivity (Wildman–Crippen MR) is 72.5 cm³/mol. The summed E-state index contributed by atoms with van der Waals surface area (Å²) in [6, 6.07) is 0. The van der Waals surface area contributed by atoms with E-state index in [0.717, 1.165) is 12.8 Å². The fourth-order valence-corrected chi connectivity index (χ4v) is 0.786. The van der Waals surface area contributed by atoms with E-state index < -0.39 is 5.97 Å². The highest BCUT2D eigenvalue weighted by molar-refractivity contribution is 5.84. The molecule has 0 aliphatic heterocycles. The standard InChI is InChI=1S/2C5H6.C4H6O2.2H2/c2*1-2-4-5-3-1;1-3(2)4(5)6;;/h2*1-4H,5H2;1H2,2H3,(H,5,6);2*1H. The normalized spacial score (nSPS) is 13.8. The van der Waals surface area contributed by atoms with Gasteiger partial charge >= 0.3 is 5.97 Å². The second-order valence-electron chi connectivity index (χ2n) is 3.27. The van der Waals surface area contributed by atoms with Crippen molar-refractivity contribution in [1.82, 2.24) is 0 Å². The summed E-state index contributed by atoms with van der Waals surface area (Å²) in [5.74, 6) is -0.935. The first-order valence-corrected chi connectivity index (χ1v) is 5.16. The Bertz CT molecular complexity index is 286. The van der Waals surface area contributed by atoms with Gasteiger partial charge in [0, 0.05) is 8.43 Å². The van der Waals surface area contributed by atoms with Gasteiger partial charge in [-0.3, -0.25) is 0 Å². The SMILES string of the molecule is C1=CCC=C1.C1=CCC=C1.C=C(C)C(=O)O.[HH].[HH]. The van der Waals surface area contributed by atoms with E-state index in [2.05, 4.69) is 55.2 Å². The monoisotopic (exact) mass is 222 g/mol. The molecule has 0 aromatic carbocycles. The summed E-state index contributed by atoms with van der Waals surface area (Å²) in [6.45, 7) is 4.60. The molecule has 0 spiro atoms. The summed E-state index contributed by atoms with van der Waals surface area (Å²) in [4.78, 5) is 9.60. The Morgan fingerprint density at radius 1 is 1.06 bits per heavy atom. The predicted octanol–water partition coefficient (Wildman–Crippen LogP) is 4.14. The van der Waals surface area contributed by atoms with Crippen LogP contribution in [-0.4, -0.2) is 11.1 Å². The molecule has 0 heterocycles. The smallest absolute Gasteiger partial charge is 0.330 e. The quantitative estimate of drug-likeness (QED) is 0.677. The molecule has 2 aliphatic rings. The van der Waals surface area contributed by atoms with Crippen LogP contribution in [0.3, 0.4) is 0 Å². The third-order valence-electron chi connectivity index (χ3n) is 1.68. The molecule has 0 saturated carbocycles. The van der Waals surface area contributed by atoms with E-state index in [1.54, 1.807) is 0 Å². The lowest BCUT2D eigenvalue weighted by Crippen LogP contribution is -1.92. The molecule has 0 atom stereocenters. The van der Waals surface area contributed by atoms with Crippen LogP contribution in [0.25, 0.3) is 0 Å². The lowest BCUT2D eigenvalue weighted by atomic mass is 10.4. The highest BCUT2D eigenvalue weighted by Crippen LogP contribution is 1.93. The number of aliphatic carboxylic acids is 1. The van der Waals surface area contributed by atoms with Crippen LogP contribution in [-0.2, 0) is 4.79 Å². The number of allylic oxidation sites excluding steroid dienone is 8. The summed E-state index contributed by atoms with van der Waals surface area (Å²) >= 11 is 0. The van der Waals surface area contributed by atoms with Crippen LogP contribution in [0.4, 0.5) is 0 Å². The Labute approximate surface area is 100.0 Å². The average molecular weight is 222 g/mol. The first-order chi connectivity index (χ1) is 7.64. The minimum absolute atomic E-state index is 0. The van der Waals surface area contributed by atoms with E-state index in [0.29, 0.717) is 0 Å². The number of carbonyl (C=O) groups is 1. The highest BCUT2D eigenvalue weighted by Gasteiger charge is 1.90. The van der Waals surface area contributed by atoms with Crippen LogP contribution in [0.5, 0.6) is 0 Å². The number of carboxylic acid groups (broad SMARTS) is 1. The molecule has 0 radical (unpaired) electrons. The lowest BCUT2D eigenvalue weighted by molar-refractivity contribution is -0.132. The van der Waals surface area contributed by atoms with Gasteiger partial charge in [0.25, 0.3) is 0 Å². The number of rotatable bonds is 1. The Hall–Kier alpha value is -1.83. The van der Waals surface area contributed by atoms with Gasteiger partial charge in [-0.25, -0.2) is 4.79 Å². The second kappa shape index (κ2) is 9.71. The van der Waals surface area contributed by atoms with Gasteiger partial charge in [-0.1, -0.05) is 55.2 Å². The first kappa shape index (κ1) is 14.2. The minimum Gasteiger partial charge on any atom is -0.478 e. The van der Waals surface area contributed by atoms with Crippen LogP contribution in [0.15, 0.2) is 60.8 Å². The van der Waals surface area contributed by atoms with Crippen molar-refractivity contribution in [1.29, 1.82) is 0 Å². The fourth-order valence-electron chi connectivity index (χ4n) is 0.786. The molecule has 0 unspecified atom stereocenters. The number of hydrogen-bond acceptors (Lipinski definition) is 1. The summed E-state index contributed by atoms with van der Waals surface area (Å²) in [7, 11) is 0. The molecule has 0 amide bonds. The Kier molecular flexibility index (Phi) is 8.60. The largest absolute Gasteiger partial charge is 0.478 e. The van der Waals surface area contributed by atoms with E-state index in [9.17, 15) is 4.79 Å². The van der Waals surface area contributed by atoms with E-state index in [4.69, 9.17) is 5.11 Å². The van der Waals surface area contributed by atoms with Crippen molar-refractivity contribution in [3.05, 3.63) is 60.8 Å². The number of carboxylic acids is 1. The molecule has 2 heteroatoms. The lowest BCUT2D eigenvalue weighted by Gasteiger charge is -1.79. The van der Waals surface area contributed by atoms with Gasteiger partial charge in [-0.05, 0) is 19.8 Å². The summed E-state index contributed by atoms with van der Waals surface area (Å²) in [5, 5.41) is 7.89. The summed E-state index contributed by atoms with van der Waals surface area (Å²) in [6.07, 6.45) is 19.0. The first-order valence-electron chi connectivity index (χ1n) is 5.16. The summed E-state index contributed by atoms with van der Waals surface area (Å²) in [5.41, 5.74) is 0.176. The van der Waals surface area contributed by atoms with E-state index in [1.807, 2.05) is 0 Å². The van der Waals surface area contributed by atoms with Crippen LogP contribution < -0.4 is 0 Å². The van der Waals surface area contributed by atoms with E-state index in [-0.39, 0.29) is 8.43 Å². The molecule has 0 fully saturated rings. The van der Waals surface area contributed by atoms with Crippen molar-refractivity contribution in [2.75, 3.05) is 0 Å². The number of hydrogen-bond donors (Lipinski definition) is 1. The molecular formula is C14H22O2. The van der Waals surface area contributed by atoms with Crippen LogP contribution >= 0.6 is 0 Å². The van der Waals surface area contributed by atoms with Gasteiger partial charge in [0.1, 0.15) is 0 Å².